The summed E-state index contributed by atoms with van der Waals surface area (Å²) in [6, 6.07) is 56.8. The summed E-state index contributed by atoms with van der Waals surface area (Å²) in [6.07, 6.45) is 29.1. The van der Waals surface area contributed by atoms with Crippen molar-refractivity contribution in [2.24, 2.45) is 0 Å². The van der Waals surface area contributed by atoms with Crippen LogP contribution >= 0.6 is 0 Å². The average Bonchev–Trinajstić information content (AvgIpc) is 1.82. The van der Waals surface area contributed by atoms with Gasteiger partial charge in [0.05, 0.1) is 22.8 Å². The number of hydrogen-bond donors (Lipinski definition) is 0. The molecule has 8 aromatic carbocycles. The third-order valence-electron chi connectivity index (χ3n) is 21.6. The Hall–Kier alpha value is -6.87. The van der Waals surface area contributed by atoms with E-state index >= 15 is 0 Å². The standard InChI is InChI=1S/C80H76N4.Pt/c1-2-10-26-49(25-9-1)69-73-61-41-53-33-17-19-35-55(53)43-63(61)75(81-73)70(50-27-11-3-4-12-28-50)77-65-45-57-37-21-23-39-59(57)47-67(65)79(83-77)72(52-31-15-7-8-16-32-52)80-68-48-60-40-24-22-38-58(60)46-66(68)78(84-80)71(51-29-13-5-6-14-30-51)76-64-44-56-36-20-18-34-54(56)42-62(64)74(69)82-76;/h17-24,33-52H,1-16,25-32H2;/q-2;+2. The van der Waals surface area contributed by atoms with E-state index in [0.717, 1.165) is 96.2 Å². The van der Waals surface area contributed by atoms with Gasteiger partial charge in [-0.1, -0.05) is 200 Å². The first-order valence-electron chi connectivity index (χ1n) is 33.1. The molecule has 0 saturated heterocycles. The zero-order valence-corrected chi connectivity index (χ0v) is 51.5. The summed E-state index contributed by atoms with van der Waals surface area (Å²) in [5, 5.41) is 15.3. The van der Waals surface area contributed by atoms with Crippen molar-refractivity contribution in [2.75, 3.05) is 0 Å². The maximum Gasteiger partial charge on any atom is 2.00 e. The molecule has 0 radical (unpaired) electrons. The minimum absolute atomic E-state index is 0. The van der Waals surface area contributed by atoms with E-state index in [1.807, 2.05) is 0 Å². The molecule has 7 aliphatic rings. The Balaban J connectivity index is 0.00000588. The van der Waals surface area contributed by atoms with Crippen molar-refractivity contribution < 1.29 is 21.1 Å². The van der Waals surface area contributed by atoms with E-state index in [1.54, 1.807) is 0 Å². The molecule has 17 rings (SSSR count). The van der Waals surface area contributed by atoms with Crippen molar-refractivity contribution in [1.82, 2.24) is 19.9 Å². The van der Waals surface area contributed by atoms with Gasteiger partial charge >= 0.3 is 21.1 Å². The second kappa shape index (κ2) is 22.4. The second-order valence-electron chi connectivity index (χ2n) is 26.6. The second-order valence-corrected chi connectivity index (χ2v) is 26.6. The Morgan fingerprint density at radius 2 is 0.435 bits per heavy atom. The van der Waals surface area contributed by atoms with Crippen LogP contribution in [0.4, 0.5) is 0 Å². The number of hydrogen-bond acceptors (Lipinski definition) is 2. The minimum atomic E-state index is 0. The summed E-state index contributed by atoms with van der Waals surface area (Å²) in [5.41, 5.74) is 19.8. The largest absolute Gasteiger partial charge is 2.00 e. The summed E-state index contributed by atoms with van der Waals surface area (Å²) in [7, 11) is 0. The van der Waals surface area contributed by atoms with Gasteiger partial charge in [0.25, 0.3) is 0 Å². The van der Waals surface area contributed by atoms with E-state index in [9.17, 15) is 0 Å². The van der Waals surface area contributed by atoms with Gasteiger partial charge in [-0.05, 0) is 210 Å². The van der Waals surface area contributed by atoms with Gasteiger partial charge in [0.15, 0.2) is 0 Å². The molecule has 4 saturated carbocycles. The van der Waals surface area contributed by atoms with Crippen LogP contribution in [0.1, 0.15) is 200 Å². The molecule has 0 N–H and O–H groups in total. The van der Waals surface area contributed by atoms with Crippen LogP contribution in [-0.4, -0.2) is 9.97 Å². The molecule has 2 aromatic heterocycles. The molecule has 8 bridgehead atoms. The number of rotatable bonds is 4. The SMILES string of the molecule is [Pt+2].c1ccc2cc3c(cc2c1)-c1nc-3c(C2CCCCCC2)c2[n-]c(c(C3CCCCCC3)c3nc(c(C4CCCCCC4)c4[n-]c(c1C1CCCCCC1)c1cc5ccccc5cc41)-c1cc4ccccc4cc1-3)c1cc3ccccc3cc21. The molecule has 5 aliphatic carbocycles. The summed E-state index contributed by atoms with van der Waals surface area (Å²) in [4.78, 5) is 25.9. The Kier molecular flexibility index (Phi) is 14.1. The quantitative estimate of drug-likeness (QED) is 0.165. The molecular weight excluding hydrogens is 1210 g/mol. The summed E-state index contributed by atoms with van der Waals surface area (Å²) in [6.45, 7) is 0. The topological polar surface area (TPSA) is 54.0 Å². The van der Waals surface area contributed by atoms with Crippen LogP contribution in [0.2, 0.25) is 0 Å². The Labute approximate surface area is 515 Å². The first kappa shape index (κ1) is 53.6. The van der Waals surface area contributed by atoms with E-state index in [4.69, 9.17) is 19.9 Å². The van der Waals surface area contributed by atoms with Crippen LogP contribution in [-0.2, 0) is 21.1 Å². The molecule has 426 valence electrons. The van der Waals surface area contributed by atoms with Crippen LogP contribution in [0.25, 0.3) is 132 Å². The van der Waals surface area contributed by atoms with Gasteiger partial charge < -0.3 is 9.97 Å². The number of aromatic nitrogens is 4. The Morgan fingerprint density at radius 1 is 0.247 bits per heavy atom. The molecule has 10 aromatic rings. The first-order chi connectivity index (χ1) is 41.7. The maximum atomic E-state index is 6.47. The minimum Gasteiger partial charge on any atom is -0.656 e. The Morgan fingerprint density at radius 3 is 0.635 bits per heavy atom. The fourth-order valence-electron chi connectivity index (χ4n) is 17.4. The van der Waals surface area contributed by atoms with Crippen LogP contribution in [0.15, 0.2) is 146 Å². The molecule has 0 unspecified atom stereocenters. The smallest absolute Gasteiger partial charge is 0.656 e. The van der Waals surface area contributed by atoms with Gasteiger partial charge in [-0.2, -0.15) is 0 Å². The van der Waals surface area contributed by atoms with E-state index in [-0.39, 0.29) is 21.1 Å². The monoisotopic (exact) mass is 1290 g/mol. The number of benzene rings is 8. The zero-order valence-electron chi connectivity index (χ0n) is 49.2. The predicted molar refractivity (Wildman–Crippen MR) is 355 cm³/mol. The van der Waals surface area contributed by atoms with Gasteiger partial charge in [0.2, 0.25) is 0 Å². The van der Waals surface area contributed by atoms with Crippen molar-refractivity contribution in [3.8, 4) is 45.0 Å². The van der Waals surface area contributed by atoms with Gasteiger partial charge in [0.1, 0.15) is 0 Å². The first-order valence-corrected chi connectivity index (χ1v) is 33.1. The average molecular weight is 1290 g/mol. The molecule has 85 heavy (non-hydrogen) atoms. The molecule has 0 atom stereocenters. The molecule has 4 heterocycles. The summed E-state index contributed by atoms with van der Waals surface area (Å²) in [5.74, 6) is 1.19. The summed E-state index contributed by atoms with van der Waals surface area (Å²) < 4.78 is 0. The van der Waals surface area contributed by atoms with Crippen LogP contribution in [0, 0.1) is 0 Å². The fourth-order valence-corrected chi connectivity index (χ4v) is 17.4. The molecule has 2 aliphatic heterocycles. The summed E-state index contributed by atoms with van der Waals surface area (Å²) >= 11 is 0. The van der Waals surface area contributed by atoms with Gasteiger partial charge in [-0.15, -0.1) is 22.1 Å². The van der Waals surface area contributed by atoms with Crippen molar-refractivity contribution in [1.29, 1.82) is 0 Å². The van der Waals surface area contributed by atoms with Crippen LogP contribution < -0.4 is 9.97 Å². The van der Waals surface area contributed by atoms with Gasteiger partial charge in [0, 0.05) is 22.3 Å². The van der Waals surface area contributed by atoms with E-state index in [2.05, 4.69) is 146 Å². The van der Waals surface area contributed by atoms with E-state index in [1.165, 1.54) is 212 Å². The van der Waals surface area contributed by atoms with E-state index < -0.39 is 0 Å². The van der Waals surface area contributed by atoms with Crippen molar-refractivity contribution in [3.05, 3.63) is 168 Å². The van der Waals surface area contributed by atoms with Crippen molar-refractivity contribution in [3.63, 3.8) is 0 Å². The van der Waals surface area contributed by atoms with Crippen molar-refractivity contribution in [2.45, 2.75) is 178 Å². The van der Waals surface area contributed by atoms with Gasteiger partial charge in [-0.25, -0.2) is 9.97 Å². The predicted octanol–water partition coefficient (Wildman–Crippen LogP) is 22.9. The third-order valence-corrected chi connectivity index (χ3v) is 21.6. The van der Waals surface area contributed by atoms with Gasteiger partial charge in [-0.3, -0.25) is 0 Å². The zero-order chi connectivity index (χ0) is 55.2. The molecule has 0 spiro atoms. The van der Waals surface area contributed by atoms with Crippen molar-refractivity contribution >= 4 is 86.7 Å². The number of nitrogens with zero attached hydrogens (tertiary/aromatic N) is 4. The Bertz CT molecular complexity index is 4030. The third kappa shape index (κ3) is 9.23. The molecular formula is C80H76N4Pt. The molecule has 4 fully saturated rings. The van der Waals surface area contributed by atoms with Crippen LogP contribution in [0.3, 0.4) is 0 Å². The number of fused-ring (bicyclic) bond motifs is 4. The molecule has 0 amide bonds. The molecule has 4 nitrogen and oxygen atoms in total. The van der Waals surface area contributed by atoms with Crippen LogP contribution in [0.5, 0.6) is 0 Å². The molecule has 5 heteroatoms. The fraction of sp³-hybridized carbons (Fsp3) is 0.350. The van der Waals surface area contributed by atoms with E-state index in [0.29, 0.717) is 23.7 Å². The maximum absolute atomic E-state index is 6.47. The normalized spacial score (nSPS) is 17.9.